The van der Waals surface area contributed by atoms with Crippen LogP contribution in [0.1, 0.15) is 26.2 Å². The number of hydrogen-bond acceptors (Lipinski definition) is 4. The van der Waals surface area contributed by atoms with Crippen molar-refractivity contribution in [2.24, 2.45) is 5.73 Å². The third-order valence-corrected chi connectivity index (χ3v) is 5.59. The molecule has 2 aliphatic heterocycles. The molecule has 0 aliphatic carbocycles. The zero-order valence-electron chi connectivity index (χ0n) is 9.28. The predicted molar refractivity (Wildman–Crippen MR) is 60.5 cm³/mol. The molecule has 2 heterocycles. The maximum atomic E-state index is 11.5. The van der Waals surface area contributed by atoms with Crippen molar-refractivity contribution >= 4 is 9.84 Å². The summed E-state index contributed by atoms with van der Waals surface area (Å²) >= 11 is 0. The van der Waals surface area contributed by atoms with Gasteiger partial charge in [-0.1, -0.05) is 0 Å². The fourth-order valence-electron chi connectivity index (χ4n) is 2.74. The predicted octanol–water partition coefficient (Wildman–Crippen LogP) is -0.0133. The Morgan fingerprint density at radius 1 is 1.47 bits per heavy atom. The van der Waals surface area contributed by atoms with Gasteiger partial charge < -0.3 is 5.73 Å². The minimum absolute atomic E-state index is 0.156. The zero-order valence-corrected chi connectivity index (χ0v) is 10.1. The second kappa shape index (κ2) is 3.71. The second-order valence-electron chi connectivity index (χ2n) is 5.19. The Balaban J connectivity index is 2.09. The highest BCUT2D eigenvalue weighted by atomic mass is 32.2. The van der Waals surface area contributed by atoms with Gasteiger partial charge in [0.05, 0.1) is 11.5 Å². The molecule has 0 aromatic rings. The second-order valence-corrected chi connectivity index (χ2v) is 7.37. The highest BCUT2D eigenvalue weighted by Gasteiger charge is 2.43. The Bertz CT molecular complexity index is 341. The molecule has 2 unspecified atom stereocenters. The fraction of sp³-hybridized carbons (Fsp3) is 1.00. The van der Waals surface area contributed by atoms with Crippen LogP contribution >= 0.6 is 0 Å². The molecule has 2 atom stereocenters. The first-order chi connectivity index (χ1) is 6.91. The molecular weight excluding hydrogens is 212 g/mol. The molecule has 2 saturated heterocycles. The molecule has 0 saturated carbocycles. The van der Waals surface area contributed by atoms with E-state index in [0.717, 1.165) is 32.4 Å². The Kier molecular flexibility index (Phi) is 2.81. The molecule has 2 aliphatic rings. The van der Waals surface area contributed by atoms with Crippen molar-refractivity contribution in [2.75, 3.05) is 24.6 Å². The number of hydrogen-bond donors (Lipinski definition) is 1. The van der Waals surface area contributed by atoms with Crippen molar-refractivity contribution in [3.8, 4) is 0 Å². The van der Waals surface area contributed by atoms with Crippen molar-refractivity contribution in [1.29, 1.82) is 0 Å². The van der Waals surface area contributed by atoms with Crippen LogP contribution in [0.25, 0.3) is 0 Å². The first-order valence-corrected chi connectivity index (χ1v) is 7.45. The summed E-state index contributed by atoms with van der Waals surface area (Å²) in [7, 11) is -2.80. The normalized spacial score (nSPS) is 41.9. The van der Waals surface area contributed by atoms with Gasteiger partial charge >= 0.3 is 0 Å². The van der Waals surface area contributed by atoms with Gasteiger partial charge in [-0.25, -0.2) is 8.42 Å². The number of piperidine rings is 1. The topological polar surface area (TPSA) is 63.4 Å². The lowest BCUT2D eigenvalue weighted by atomic mass is 9.94. The molecular formula is C10H20N2O2S. The quantitative estimate of drug-likeness (QED) is 0.690. The van der Waals surface area contributed by atoms with Crippen LogP contribution in [0.15, 0.2) is 0 Å². The largest absolute Gasteiger partial charge is 0.327 e. The number of sulfone groups is 1. The average molecular weight is 232 g/mol. The van der Waals surface area contributed by atoms with Crippen LogP contribution in [0.2, 0.25) is 0 Å². The van der Waals surface area contributed by atoms with Crippen molar-refractivity contribution in [3.05, 3.63) is 0 Å². The summed E-state index contributed by atoms with van der Waals surface area (Å²) in [6.07, 6.45) is 2.93. The van der Waals surface area contributed by atoms with Crippen LogP contribution in [-0.2, 0) is 9.84 Å². The number of nitrogens with zero attached hydrogens (tertiary/aromatic N) is 1. The van der Waals surface area contributed by atoms with E-state index in [9.17, 15) is 8.42 Å². The first-order valence-electron chi connectivity index (χ1n) is 5.62. The Hall–Kier alpha value is -0.130. The summed E-state index contributed by atoms with van der Waals surface area (Å²) < 4.78 is 23.0. The number of likely N-dealkylation sites (tertiary alicyclic amines) is 1. The van der Waals surface area contributed by atoms with Gasteiger partial charge in [0.15, 0.2) is 9.84 Å². The lowest BCUT2D eigenvalue weighted by Crippen LogP contribution is -2.54. The molecule has 88 valence electrons. The van der Waals surface area contributed by atoms with Gasteiger partial charge in [0, 0.05) is 18.1 Å². The number of nitrogens with two attached hydrogens (primary N) is 1. The molecule has 0 radical (unpaired) electrons. The minimum atomic E-state index is -2.80. The molecule has 0 bridgehead atoms. The summed E-state index contributed by atoms with van der Waals surface area (Å²) in [6.45, 7) is 3.92. The zero-order chi connectivity index (χ0) is 11.1. The average Bonchev–Trinajstić information content (AvgIpc) is 2.42. The first kappa shape index (κ1) is 11.4. The molecule has 2 rings (SSSR count). The third kappa shape index (κ3) is 2.34. The molecule has 15 heavy (non-hydrogen) atoms. The van der Waals surface area contributed by atoms with Gasteiger partial charge in [-0.15, -0.1) is 0 Å². The molecule has 0 aromatic heterocycles. The van der Waals surface area contributed by atoms with Gasteiger partial charge in [-0.2, -0.15) is 0 Å². The van der Waals surface area contributed by atoms with Crippen LogP contribution in [0.5, 0.6) is 0 Å². The monoisotopic (exact) mass is 232 g/mol. The van der Waals surface area contributed by atoms with E-state index >= 15 is 0 Å². The Morgan fingerprint density at radius 3 is 2.73 bits per heavy atom. The summed E-state index contributed by atoms with van der Waals surface area (Å²) in [4.78, 5) is 2.28. The van der Waals surface area contributed by atoms with Crippen molar-refractivity contribution < 1.29 is 8.42 Å². The molecule has 5 heteroatoms. The van der Waals surface area contributed by atoms with Crippen molar-refractivity contribution in [3.63, 3.8) is 0 Å². The summed E-state index contributed by atoms with van der Waals surface area (Å²) in [5.41, 5.74) is 5.77. The van der Waals surface area contributed by atoms with E-state index < -0.39 is 9.84 Å². The molecule has 2 N–H and O–H groups in total. The highest BCUT2D eigenvalue weighted by molar-refractivity contribution is 7.91. The standard InChI is InChI=1S/C10H20N2O2S/c1-10(4-6-15(13,14)8-10)12-5-2-3-9(11)7-12/h9H,2-8,11H2,1H3. The van der Waals surface area contributed by atoms with Crippen molar-refractivity contribution in [1.82, 2.24) is 4.90 Å². The van der Waals surface area contributed by atoms with E-state index in [0.29, 0.717) is 11.5 Å². The van der Waals surface area contributed by atoms with Crippen LogP contribution < -0.4 is 5.73 Å². The minimum Gasteiger partial charge on any atom is -0.327 e. The van der Waals surface area contributed by atoms with E-state index in [2.05, 4.69) is 11.8 Å². The lowest BCUT2D eigenvalue weighted by molar-refractivity contribution is 0.0910. The van der Waals surface area contributed by atoms with Crippen LogP contribution in [-0.4, -0.2) is 49.5 Å². The van der Waals surface area contributed by atoms with E-state index in [1.54, 1.807) is 0 Å². The van der Waals surface area contributed by atoms with Gasteiger partial charge in [0.25, 0.3) is 0 Å². The molecule has 2 fully saturated rings. The van der Waals surface area contributed by atoms with E-state index in [1.165, 1.54) is 0 Å². The Labute approximate surface area is 91.7 Å². The lowest BCUT2D eigenvalue weighted by Gasteiger charge is -2.42. The van der Waals surface area contributed by atoms with E-state index in [1.807, 2.05) is 0 Å². The highest BCUT2D eigenvalue weighted by Crippen LogP contribution is 2.31. The van der Waals surface area contributed by atoms with Crippen LogP contribution in [0.4, 0.5) is 0 Å². The summed E-state index contributed by atoms with van der Waals surface area (Å²) in [5.74, 6) is 0.655. The van der Waals surface area contributed by atoms with Crippen LogP contribution in [0, 0.1) is 0 Å². The van der Waals surface area contributed by atoms with Crippen LogP contribution in [0.3, 0.4) is 0 Å². The van der Waals surface area contributed by atoms with Gasteiger partial charge in [0.2, 0.25) is 0 Å². The third-order valence-electron chi connectivity index (χ3n) is 3.70. The van der Waals surface area contributed by atoms with Crippen molar-refractivity contribution in [2.45, 2.75) is 37.8 Å². The molecule has 0 amide bonds. The Morgan fingerprint density at radius 2 is 2.20 bits per heavy atom. The molecule has 0 spiro atoms. The maximum absolute atomic E-state index is 11.5. The van der Waals surface area contributed by atoms with Gasteiger partial charge in [-0.3, -0.25) is 4.90 Å². The van der Waals surface area contributed by atoms with E-state index in [-0.39, 0.29) is 11.6 Å². The number of rotatable bonds is 1. The molecule has 4 nitrogen and oxygen atoms in total. The smallest absolute Gasteiger partial charge is 0.152 e. The summed E-state index contributed by atoms with van der Waals surface area (Å²) in [5, 5.41) is 0. The summed E-state index contributed by atoms with van der Waals surface area (Å²) in [6, 6.07) is 0.221. The van der Waals surface area contributed by atoms with Gasteiger partial charge in [-0.05, 0) is 32.7 Å². The maximum Gasteiger partial charge on any atom is 0.152 e. The fourth-order valence-corrected chi connectivity index (χ4v) is 4.91. The molecule has 0 aromatic carbocycles. The SMILES string of the molecule is CC1(N2CCCC(N)C2)CCS(=O)(=O)C1. The van der Waals surface area contributed by atoms with E-state index in [4.69, 9.17) is 5.73 Å². The van der Waals surface area contributed by atoms with Gasteiger partial charge in [0.1, 0.15) is 0 Å².